The Bertz CT molecular complexity index is 1470. The summed E-state index contributed by atoms with van der Waals surface area (Å²) in [5, 5.41) is 1.34. The normalized spacial score (nSPS) is 15.3. The van der Waals surface area contributed by atoms with Crippen LogP contribution >= 0.6 is 15.6 Å². The minimum absolute atomic E-state index is 0.249. The molecule has 2 heterocycles. The number of fused-ring (bicyclic) bond motifs is 6. The predicted molar refractivity (Wildman–Crippen MR) is 136 cm³/mol. The molecule has 34 heavy (non-hydrogen) atoms. The van der Waals surface area contributed by atoms with Crippen LogP contribution in [0.25, 0.3) is 22.3 Å². The van der Waals surface area contributed by atoms with Crippen molar-refractivity contribution < 1.29 is 18.7 Å². The standard InChI is InChI=1S/C15H12O2P.C13H8O2P/c1-2-10-7-8-12-11-5-3-4-6-13(11)15(16)18(17)14(12)9-10;14-13-11-7-2-1-5-9(11)10-6-3-4-8-12(10)16(13)15/h3-9H,2H2,1H3;1-8H/q2*+1. The summed E-state index contributed by atoms with van der Waals surface area (Å²) in [6.07, 6.45) is 0.881. The highest BCUT2D eigenvalue weighted by atomic mass is 31.1. The van der Waals surface area contributed by atoms with Gasteiger partial charge in [-0.2, -0.15) is 0 Å². The Labute approximate surface area is 199 Å². The average molecular weight is 482 g/mol. The monoisotopic (exact) mass is 482 g/mol. The molecule has 6 heteroatoms. The molecule has 0 bridgehead atoms. The summed E-state index contributed by atoms with van der Waals surface area (Å²) in [6.45, 7) is 2.05. The van der Waals surface area contributed by atoms with Gasteiger partial charge in [-0.3, -0.25) is 0 Å². The third-order valence-corrected chi connectivity index (χ3v) is 8.93. The topological polar surface area (TPSA) is 68.3 Å². The van der Waals surface area contributed by atoms with Gasteiger partial charge in [0, 0.05) is 22.3 Å². The summed E-state index contributed by atoms with van der Waals surface area (Å²) < 4.78 is 24.2. The van der Waals surface area contributed by atoms with E-state index >= 15 is 0 Å². The molecule has 0 aliphatic carbocycles. The molecule has 0 radical (unpaired) electrons. The fourth-order valence-corrected chi connectivity index (χ4v) is 6.92. The van der Waals surface area contributed by atoms with Crippen molar-refractivity contribution in [2.24, 2.45) is 0 Å². The molecule has 2 aliphatic heterocycles. The maximum Gasteiger partial charge on any atom is 0.459 e. The first-order valence-electron chi connectivity index (χ1n) is 10.9. The van der Waals surface area contributed by atoms with Crippen LogP contribution in [0, 0.1) is 0 Å². The van der Waals surface area contributed by atoms with Crippen LogP contribution in [-0.2, 0) is 15.6 Å². The van der Waals surface area contributed by atoms with Crippen molar-refractivity contribution in [3.8, 4) is 22.3 Å². The molecular weight excluding hydrogens is 462 g/mol. The van der Waals surface area contributed by atoms with Crippen LogP contribution in [0.3, 0.4) is 0 Å². The molecule has 0 amide bonds. The maximum absolute atomic E-state index is 12.2. The van der Waals surface area contributed by atoms with E-state index in [0.717, 1.165) is 34.2 Å². The van der Waals surface area contributed by atoms with Gasteiger partial charge < -0.3 is 0 Å². The largest absolute Gasteiger partial charge is 0.459 e. The summed E-state index contributed by atoms with van der Waals surface area (Å²) in [4.78, 5) is 24.0. The molecule has 0 N–H and O–H groups in total. The van der Waals surface area contributed by atoms with E-state index in [-0.39, 0.29) is 11.0 Å². The second-order valence-electron chi connectivity index (χ2n) is 8.01. The van der Waals surface area contributed by atoms with Gasteiger partial charge in [0.05, 0.1) is 11.1 Å². The molecule has 0 fully saturated rings. The van der Waals surface area contributed by atoms with Gasteiger partial charge >= 0.3 is 26.7 Å². The van der Waals surface area contributed by atoms with Gasteiger partial charge in [0.2, 0.25) is 10.6 Å². The first-order chi connectivity index (χ1) is 16.5. The molecule has 0 aromatic heterocycles. The Morgan fingerprint density at radius 3 is 1.53 bits per heavy atom. The van der Waals surface area contributed by atoms with E-state index in [0.29, 0.717) is 21.7 Å². The van der Waals surface area contributed by atoms with Crippen LogP contribution in [0.1, 0.15) is 33.2 Å². The Morgan fingerprint density at radius 1 is 0.529 bits per heavy atom. The Hall–Kier alpha value is -3.58. The summed E-state index contributed by atoms with van der Waals surface area (Å²) in [7, 11) is -3.91. The Kier molecular flexibility index (Phi) is 5.87. The third kappa shape index (κ3) is 3.66. The Balaban J connectivity index is 0.000000142. The SMILES string of the molecule is CCc1ccc2c(c1)[P+](=O)C(=O)c1ccccc1-2.O=C1c2ccccc2-c2ccccc2[P+]1=O. The molecule has 164 valence electrons. The molecule has 4 aromatic rings. The fourth-order valence-electron chi connectivity index (χ4n) is 4.32. The van der Waals surface area contributed by atoms with Gasteiger partial charge in [-0.05, 0) is 48.4 Å². The zero-order chi connectivity index (χ0) is 23.8. The lowest BCUT2D eigenvalue weighted by atomic mass is 9.98. The highest BCUT2D eigenvalue weighted by Gasteiger charge is 2.42. The van der Waals surface area contributed by atoms with Crippen LogP contribution < -0.4 is 10.6 Å². The number of hydrogen-bond donors (Lipinski definition) is 0. The average Bonchev–Trinajstić information content (AvgIpc) is 2.90. The van der Waals surface area contributed by atoms with E-state index < -0.39 is 15.6 Å². The number of benzene rings is 4. The minimum atomic E-state index is -1.97. The lowest BCUT2D eigenvalue weighted by Crippen LogP contribution is -2.15. The number of carbonyl (C=O) groups is 2. The van der Waals surface area contributed by atoms with E-state index in [1.54, 1.807) is 24.3 Å². The highest BCUT2D eigenvalue weighted by molar-refractivity contribution is 7.72. The second-order valence-corrected chi connectivity index (χ2v) is 11.0. The molecule has 2 atom stereocenters. The molecule has 2 unspecified atom stereocenters. The van der Waals surface area contributed by atoms with Gasteiger partial charge in [0.15, 0.2) is 0 Å². The fraction of sp³-hybridized carbons (Fsp3) is 0.0714. The summed E-state index contributed by atoms with van der Waals surface area (Å²) in [5.74, 6) is 0. The van der Waals surface area contributed by atoms with Gasteiger partial charge in [-0.25, -0.2) is 9.59 Å². The van der Waals surface area contributed by atoms with E-state index in [2.05, 4.69) is 0 Å². The zero-order valence-corrected chi connectivity index (χ0v) is 20.2. The number of carbonyl (C=O) groups excluding carboxylic acids is 2. The van der Waals surface area contributed by atoms with E-state index in [9.17, 15) is 18.7 Å². The van der Waals surface area contributed by atoms with Crippen molar-refractivity contribution in [1.82, 2.24) is 0 Å². The van der Waals surface area contributed by atoms with Crippen LogP contribution in [0.5, 0.6) is 0 Å². The van der Waals surface area contributed by atoms with Crippen molar-refractivity contribution >= 4 is 37.3 Å². The molecular formula is C28H20O4P2+2. The first kappa shape index (κ1) is 22.2. The number of hydrogen-bond acceptors (Lipinski definition) is 4. The summed E-state index contributed by atoms with van der Waals surface area (Å²) in [6, 6.07) is 28.0. The van der Waals surface area contributed by atoms with Crippen LogP contribution in [-0.4, -0.2) is 11.0 Å². The third-order valence-electron chi connectivity index (χ3n) is 6.08. The van der Waals surface area contributed by atoms with E-state index in [4.69, 9.17) is 0 Å². The molecule has 0 saturated carbocycles. The maximum atomic E-state index is 12.2. The van der Waals surface area contributed by atoms with Crippen molar-refractivity contribution in [3.63, 3.8) is 0 Å². The molecule has 0 saturated heterocycles. The quantitative estimate of drug-likeness (QED) is 0.291. The second kappa shape index (κ2) is 8.99. The van der Waals surface area contributed by atoms with Crippen molar-refractivity contribution in [2.75, 3.05) is 0 Å². The first-order valence-corrected chi connectivity index (χ1v) is 13.5. The highest BCUT2D eigenvalue weighted by Crippen LogP contribution is 2.41. The lowest BCUT2D eigenvalue weighted by molar-refractivity contribution is 0.107. The van der Waals surface area contributed by atoms with Crippen LogP contribution in [0.2, 0.25) is 0 Å². The number of rotatable bonds is 1. The zero-order valence-electron chi connectivity index (χ0n) is 18.4. The summed E-state index contributed by atoms with van der Waals surface area (Å²) >= 11 is 0. The van der Waals surface area contributed by atoms with E-state index in [1.165, 1.54) is 0 Å². The van der Waals surface area contributed by atoms with Gasteiger partial charge in [-0.15, -0.1) is 0 Å². The molecule has 2 aliphatic rings. The molecule has 4 nitrogen and oxygen atoms in total. The van der Waals surface area contributed by atoms with Gasteiger partial charge in [-0.1, -0.05) is 70.7 Å². The molecule has 6 rings (SSSR count). The Morgan fingerprint density at radius 2 is 0.971 bits per heavy atom. The predicted octanol–water partition coefficient (Wildman–Crippen LogP) is 6.48. The molecule has 0 spiro atoms. The molecule has 4 aromatic carbocycles. The summed E-state index contributed by atoms with van der Waals surface area (Å²) in [5.41, 5.74) is 5.39. The lowest BCUT2D eigenvalue weighted by Gasteiger charge is -2.11. The van der Waals surface area contributed by atoms with Gasteiger partial charge in [0.1, 0.15) is 0 Å². The number of aryl methyl sites for hydroxylation is 1. The van der Waals surface area contributed by atoms with Gasteiger partial charge in [0.25, 0.3) is 0 Å². The smallest absolute Gasteiger partial charge is 0.234 e. The van der Waals surface area contributed by atoms with Crippen molar-refractivity contribution in [3.05, 3.63) is 108 Å². The minimum Gasteiger partial charge on any atom is -0.234 e. The van der Waals surface area contributed by atoms with E-state index in [1.807, 2.05) is 73.7 Å². The van der Waals surface area contributed by atoms with Crippen molar-refractivity contribution in [1.29, 1.82) is 0 Å². The van der Waals surface area contributed by atoms with Crippen molar-refractivity contribution in [2.45, 2.75) is 13.3 Å². The van der Waals surface area contributed by atoms with Crippen LogP contribution in [0.15, 0.2) is 91.0 Å². The van der Waals surface area contributed by atoms with Crippen LogP contribution in [0.4, 0.5) is 0 Å².